The molecule has 5 nitrogen and oxygen atoms in total. The highest BCUT2D eigenvalue weighted by molar-refractivity contribution is 7.94. The molecule has 0 aliphatic rings. The molecular weight excluding hydrogens is 242 g/mol. The van der Waals surface area contributed by atoms with Gasteiger partial charge in [0.05, 0.1) is 0 Å². The molecule has 0 bridgehead atoms. The average molecular weight is 247 g/mol. The maximum Gasteiger partial charge on any atom is 0.273 e. The van der Waals surface area contributed by atoms with Gasteiger partial charge >= 0.3 is 0 Å². The van der Waals surface area contributed by atoms with E-state index in [9.17, 15) is 8.42 Å². The first-order chi connectivity index (χ1) is 6.68. The Labute approximate surface area is 88.5 Å². The van der Waals surface area contributed by atoms with Crippen LogP contribution in [0.2, 0.25) is 0 Å². The Morgan fingerprint density at radius 2 is 2.21 bits per heavy atom. The van der Waals surface area contributed by atoms with Crippen molar-refractivity contribution in [2.45, 2.75) is 4.21 Å². The summed E-state index contributed by atoms with van der Waals surface area (Å²) in [5.74, 6) is 0. The summed E-state index contributed by atoms with van der Waals surface area (Å²) in [7, 11) is -3.46. The largest absolute Gasteiger partial charge is 0.273 e. The van der Waals surface area contributed by atoms with E-state index in [1.54, 1.807) is 11.4 Å². The Kier molecular flexibility index (Phi) is 2.48. The average Bonchev–Trinajstić information content (AvgIpc) is 2.71. The third kappa shape index (κ3) is 1.91. The van der Waals surface area contributed by atoms with Crippen LogP contribution >= 0.6 is 22.7 Å². The van der Waals surface area contributed by atoms with Gasteiger partial charge in [-0.2, -0.15) is 0 Å². The standard InChI is InChI=1S/C6H5N3O2S3/c10-14(11,5-2-1-3-12-5)9-6-8-7-4-13-6/h1-4H,(H,8,9). The van der Waals surface area contributed by atoms with Gasteiger partial charge < -0.3 is 0 Å². The number of rotatable bonds is 3. The predicted molar refractivity (Wildman–Crippen MR) is 55.0 cm³/mol. The molecule has 0 aliphatic carbocycles. The molecule has 8 heteroatoms. The van der Waals surface area contributed by atoms with Gasteiger partial charge in [0.2, 0.25) is 5.13 Å². The smallest absolute Gasteiger partial charge is 0.253 e. The number of sulfonamides is 1. The van der Waals surface area contributed by atoms with E-state index < -0.39 is 10.0 Å². The number of hydrogen-bond donors (Lipinski definition) is 1. The Bertz CT molecular complexity index is 488. The Morgan fingerprint density at radius 3 is 2.79 bits per heavy atom. The quantitative estimate of drug-likeness (QED) is 0.890. The maximum absolute atomic E-state index is 11.6. The summed E-state index contributed by atoms with van der Waals surface area (Å²) in [5, 5.41) is 9.11. The van der Waals surface area contributed by atoms with Crippen molar-refractivity contribution in [3.05, 3.63) is 23.0 Å². The van der Waals surface area contributed by atoms with Crippen LogP contribution in [0.3, 0.4) is 0 Å². The molecule has 0 amide bonds. The molecule has 14 heavy (non-hydrogen) atoms. The van der Waals surface area contributed by atoms with Gasteiger partial charge in [0.25, 0.3) is 10.0 Å². The van der Waals surface area contributed by atoms with Crippen LogP contribution in [0.5, 0.6) is 0 Å². The molecular formula is C6H5N3O2S3. The molecule has 0 unspecified atom stereocenters. The molecule has 0 atom stereocenters. The van der Waals surface area contributed by atoms with Crippen LogP contribution in [-0.4, -0.2) is 18.6 Å². The first-order valence-electron chi connectivity index (χ1n) is 3.51. The van der Waals surface area contributed by atoms with E-state index in [1.807, 2.05) is 0 Å². The van der Waals surface area contributed by atoms with Crippen molar-refractivity contribution >= 4 is 37.8 Å². The molecule has 0 saturated carbocycles. The van der Waals surface area contributed by atoms with Crippen molar-refractivity contribution in [2.24, 2.45) is 0 Å². The summed E-state index contributed by atoms with van der Waals surface area (Å²) in [6.45, 7) is 0. The molecule has 0 saturated heterocycles. The molecule has 0 aliphatic heterocycles. The van der Waals surface area contributed by atoms with E-state index >= 15 is 0 Å². The van der Waals surface area contributed by atoms with Crippen molar-refractivity contribution in [3.63, 3.8) is 0 Å². The van der Waals surface area contributed by atoms with Crippen molar-refractivity contribution < 1.29 is 8.42 Å². The number of anilines is 1. The fourth-order valence-electron chi connectivity index (χ4n) is 0.799. The van der Waals surface area contributed by atoms with Crippen LogP contribution in [-0.2, 0) is 10.0 Å². The van der Waals surface area contributed by atoms with Crippen LogP contribution < -0.4 is 4.72 Å². The summed E-state index contributed by atoms with van der Waals surface area (Å²) < 4.78 is 25.8. The molecule has 0 spiro atoms. The van der Waals surface area contributed by atoms with Gasteiger partial charge in [-0.3, -0.25) is 4.72 Å². The molecule has 2 heterocycles. The first kappa shape index (κ1) is 9.56. The zero-order chi connectivity index (χ0) is 10.0. The Morgan fingerprint density at radius 1 is 1.36 bits per heavy atom. The highest BCUT2D eigenvalue weighted by Crippen LogP contribution is 2.20. The van der Waals surface area contributed by atoms with Gasteiger partial charge in [0, 0.05) is 0 Å². The summed E-state index contributed by atoms with van der Waals surface area (Å²) in [6, 6.07) is 3.22. The molecule has 0 fully saturated rings. The van der Waals surface area contributed by atoms with E-state index in [1.165, 1.54) is 11.6 Å². The zero-order valence-electron chi connectivity index (χ0n) is 6.75. The molecule has 74 valence electrons. The third-order valence-corrected chi connectivity index (χ3v) is 4.81. The monoisotopic (exact) mass is 247 g/mol. The second kappa shape index (κ2) is 3.64. The second-order valence-corrected chi connectivity index (χ2v) is 5.97. The minimum atomic E-state index is -3.46. The van der Waals surface area contributed by atoms with E-state index in [0.29, 0.717) is 0 Å². The number of hydrogen-bond acceptors (Lipinski definition) is 6. The van der Waals surface area contributed by atoms with Gasteiger partial charge in [-0.15, -0.1) is 21.5 Å². The summed E-state index contributed by atoms with van der Waals surface area (Å²) in [5.41, 5.74) is 1.46. The predicted octanol–water partition coefficient (Wildman–Crippen LogP) is 1.40. The molecule has 0 radical (unpaired) electrons. The van der Waals surface area contributed by atoms with Crippen LogP contribution in [0.15, 0.2) is 27.2 Å². The number of aromatic nitrogens is 2. The van der Waals surface area contributed by atoms with Gasteiger partial charge in [-0.1, -0.05) is 17.4 Å². The number of nitrogens with one attached hydrogen (secondary N) is 1. The van der Waals surface area contributed by atoms with Crippen molar-refractivity contribution in [2.75, 3.05) is 4.72 Å². The molecule has 2 rings (SSSR count). The van der Waals surface area contributed by atoms with Crippen LogP contribution in [0, 0.1) is 0 Å². The summed E-state index contributed by atoms with van der Waals surface area (Å²) in [6.07, 6.45) is 0. The van der Waals surface area contributed by atoms with Crippen LogP contribution in [0.4, 0.5) is 5.13 Å². The van der Waals surface area contributed by atoms with E-state index in [4.69, 9.17) is 0 Å². The fourth-order valence-corrected chi connectivity index (χ4v) is 3.48. The lowest BCUT2D eigenvalue weighted by molar-refractivity contribution is 0.603. The van der Waals surface area contributed by atoms with E-state index in [2.05, 4.69) is 14.9 Å². The van der Waals surface area contributed by atoms with Crippen LogP contribution in [0.1, 0.15) is 0 Å². The van der Waals surface area contributed by atoms with Crippen molar-refractivity contribution in [1.82, 2.24) is 10.2 Å². The minimum Gasteiger partial charge on any atom is -0.253 e. The summed E-state index contributed by atoms with van der Waals surface area (Å²) >= 11 is 2.30. The van der Waals surface area contributed by atoms with E-state index in [-0.39, 0.29) is 9.34 Å². The zero-order valence-corrected chi connectivity index (χ0v) is 9.19. The number of thiophene rings is 1. The normalized spacial score (nSPS) is 11.4. The van der Waals surface area contributed by atoms with Gasteiger partial charge in [-0.05, 0) is 11.4 Å². The Balaban J connectivity index is 2.27. The molecule has 0 aromatic carbocycles. The SMILES string of the molecule is O=S(=O)(Nc1nncs1)c1cccs1. The fraction of sp³-hybridized carbons (Fsp3) is 0. The van der Waals surface area contributed by atoms with Gasteiger partial charge in [0.15, 0.2) is 0 Å². The van der Waals surface area contributed by atoms with Crippen LogP contribution in [0.25, 0.3) is 0 Å². The minimum absolute atomic E-state index is 0.271. The maximum atomic E-state index is 11.6. The molecule has 2 aromatic rings. The Hall–Kier alpha value is -0.990. The first-order valence-corrected chi connectivity index (χ1v) is 6.75. The highest BCUT2D eigenvalue weighted by atomic mass is 32.2. The lowest BCUT2D eigenvalue weighted by Gasteiger charge is -2.00. The molecule has 2 aromatic heterocycles. The summed E-state index contributed by atoms with van der Waals surface area (Å²) in [4.78, 5) is 0. The highest BCUT2D eigenvalue weighted by Gasteiger charge is 2.16. The van der Waals surface area contributed by atoms with Crippen molar-refractivity contribution in [1.29, 1.82) is 0 Å². The lowest BCUT2D eigenvalue weighted by atomic mass is 10.7. The lowest BCUT2D eigenvalue weighted by Crippen LogP contribution is -2.11. The second-order valence-electron chi connectivity index (χ2n) is 2.28. The van der Waals surface area contributed by atoms with E-state index in [0.717, 1.165) is 22.7 Å². The third-order valence-electron chi connectivity index (χ3n) is 1.34. The van der Waals surface area contributed by atoms with Gasteiger partial charge in [-0.25, -0.2) is 8.42 Å². The van der Waals surface area contributed by atoms with Gasteiger partial charge in [0.1, 0.15) is 9.72 Å². The topological polar surface area (TPSA) is 72.0 Å². The number of nitrogens with zero attached hydrogens (tertiary/aromatic N) is 2. The van der Waals surface area contributed by atoms with Crippen molar-refractivity contribution in [3.8, 4) is 0 Å². The molecule has 1 N–H and O–H groups in total.